The molecule has 0 saturated carbocycles. The summed E-state index contributed by atoms with van der Waals surface area (Å²) in [5, 5.41) is 21.0. The van der Waals surface area contributed by atoms with Crippen molar-refractivity contribution in [2.45, 2.75) is 50.5 Å². The largest absolute Gasteiger partial charge is 0.394 e. The lowest BCUT2D eigenvalue weighted by atomic mass is 10.1. The number of rotatable bonds is 8. The molecule has 3 unspecified atom stereocenters. The number of aliphatic hydroxyl groups is 2. The second-order valence-corrected chi connectivity index (χ2v) is 5.63. The third-order valence-electron chi connectivity index (χ3n) is 3.70. The van der Waals surface area contributed by atoms with Gasteiger partial charge in [0.25, 0.3) is 5.91 Å². The van der Waals surface area contributed by atoms with E-state index in [1.165, 1.54) is 6.20 Å². The molecule has 7 nitrogen and oxygen atoms in total. The van der Waals surface area contributed by atoms with Gasteiger partial charge in [-0.3, -0.25) is 14.9 Å². The number of carbonyl (C=O) groups excluding carboxylic acids is 2. The summed E-state index contributed by atoms with van der Waals surface area (Å²) >= 11 is 0. The normalized spacial score (nSPS) is 22.5. The van der Waals surface area contributed by atoms with Gasteiger partial charge in [-0.15, -0.1) is 12.3 Å². The summed E-state index contributed by atoms with van der Waals surface area (Å²) in [5.41, 5.74) is 0.108. The van der Waals surface area contributed by atoms with Gasteiger partial charge < -0.3 is 19.8 Å². The SMILES string of the molecule is C#CCCCCC#C/C(=C/N(C)C1CC(O)C(CO)O1)C(=O)NC=O. The van der Waals surface area contributed by atoms with Gasteiger partial charge >= 0.3 is 0 Å². The zero-order chi connectivity index (χ0) is 18.7. The highest BCUT2D eigenvalue weighted by Crippen LogP contribution is 2.22. The van der Waals surface area contributed by atoms with Gasteiger partial charge in [0.1, 0.15) is 17.9 Å². The predicted molar refractivity (Wildman–Crippen MR) is 91.5 cm³/mol. The van der Waals surface area contributed by atoms with E-state index in [9.17, 15) is 14.7 Å². The first-order chi connectivity index (χ1) is 12.0. The molecule has 1 heterocycles. The number of amides is 2. The van der Waals surface area contributed by atoms with E-state index >= 15 is 0 Å². The Morgan fingerprint density at radius 3 is 2.76 bits per heavy atom. The zero-order valence-corrected chi connectivity index (χ0v) is 14.3. The van der Waals surface area contributed by atoms with E-state index in [1.54, 1.807) is 11.9 Å². The van der Waals surface area contributed by atoms with Crippen molar-refractivity contribution in [1.29, 1.82) is 0 Å². The predicted octanol–water partition coefficient (Wildman–Crippen LogP) is -0.260. The number of imide groups is 1. The third-order valence-corrected chi connectivity index (χ3v) is 3.70. The second-order valence-electron chi connectivity index (χ2n) is 5.63. The molecule has 25 heavy (non-hydrogen) atoms. The van der Waals surface area contributed by atoms with Crippen LogP contribution in [0.5, 0.6) is 0 Å². The van der Waals surface area contributed by atoms with Gasteiger partial charge in [-0.25, -0.2) is 0 Å². The van der Waals surface area contributed by atoms with Crippen LogP contribution in [0.25, 0.3) is 0 Å². The molecule has 0 aromatic rings. The van der Waals surface area contributed by atoms with E-state index in [0.29, 0.717) is 25.7 Å². The molecular weight excluding hydrogens is 324 g/mol. The summed E-state index contributed by atoms with van der Waals surface area (Å²) in [4.78, 5) is 24.0. The molecule has 1 aliphatic heterocycles. The van der Waals surface area contributed by atoms with Crippen LogP contribution in [0.2, 0.25) is 0 Å². The van der Waals surface area contributed by atoms with Crippen molar-refractivity contribution in [3.8, 4) is 24.2 Å². The number of ether oxygens (including phenoxy) is 1. The van der Waals surface area contributed by atoms with Gasteiger partial charge in [0, 0.05) is 32.5 Å². The van der Waals surface area contributed by atoms with Crippen molar-refractivity contribution >= 4 is 12.3 Å². The summed E-state index contributed by atoms with van der Waals surface area (Å²) in [7, 11) is 1.67. The van der Waals surface area contributed by atoms with E-state index in [0.717, 1.165) is 12.8 Å². The molecule has 0 aliphatic carbocycles. The number of hydrogen-bond acceptors (Lipinski definition) is 6. The third kappa shape index (κ3) is 6.98. The standard InChI is InChI=1S/C18H24N2O5/c1-3-4-5-6-7-8-9-14(18(24)19-13-22)11-20(2)17-10-15(23)16(12-21)25-17/h1,11,13,15-17,21,23H,4-7,10,12H2,2H3,(H,19,22,24)/b14-11-. The Morgan fingerprint density at radius 1 is 1.44 bits per heavy atom. The maximum atomic E-state index is 11.9. The minimum atomic E-state index is -0.777. The first-order valence-corrected chi connectivity index (χ1v) is 8.08. The van der Waals surface area contributed by atoms with Crippen molar-refractivity contribution in [3.63, 3.8) is 0 Å². The Hall–Kier alpha value is -2.32. The van der Waals surface area contributed by atoms with Gasteiger partial charge in [-0.2, -0.15) is 0 Å². The molecule has 1 saturated heterocycles. The monoisotopic (exact) mass is 348 g/mol. The van der Waals surface area contributed by atoms with Crippen molar-refractivity contribution in [3.05, 3.63) is 11.8 Å². The maximum Gasteiger partial charge on any atom is 0.267 e. The average Bonchev–Trinajstić information content (AvgIpc) is 2.98. The Labute approximate surface area is 148 Å². The molecule has 0 radical (unpaired) electrons. The molecule has 0 aromatic heterocycles. The minimum Gasteiger partial charge on any atom is -0.394 e. The van der Waals surface area contributed by atoms with E-state index in [1.807, 2.05) is 0 Å². The Morgan fingerprint density at radius 2 is 2.16 bits per heavy atom. The summed E-state index contributed by atoms with van der Waals surface area (Å²) < 4.78 is 5.51. The maximum absolute atomic E-state index is 11.9. The summed E-state index contributed by atoms with van der Waals surface area (Å²) in [5.74, 6) is 7.57. The van der Waals surface area contributed by atoms with Gasteiger partial charge in [0.2, 0.25) is 6.41 Å². The van der Waals surface area contributed by atoms with Crippen LogP contribution in [-0.2, 0) is 14.3 Å². The van der Waals surface area contributed by atoms with Crippen molar-refractivity contribution < 1.29 is 24.5 Å². The highest BCUT2D eigenvalue weighted by Gasteiger charge is 2.35. The minimum absolute atomic E-state index is 0.108. The van der Waals surface area contributed by atoms with E-state index in [2.05, 4.69) is 23.1 Å². The van der Waals surface area contributed by atoms with Crippen LogP contribution < -0.4 is 5.32 Å². The van der Waals surface area contributed by atoms with Crippen molar-refractivity contribution in [1.82, 2.24) is 10.2 Å². The molecule has 3 atom stereocenters. The smallest absolute Gasteiger partial charge is 0.267 e. The van der Waals surface area contributed by atoms with Crippen LogP contribution in [0.4, 0.5) is 0 Å². The first-order valence-electron chi connectivity index (χ1n) is 8.08. The molecule has 3 N–H and O–H groups in total. The molecule has 1 fully saturated rings. The summed E-state index contributed by atoms with van der Waals surface area (Å²) in [6.07, 6.45) is 8.25. The zero-order valence-electron chi connectivity index (χ0n) is 14.3. The fourth-order valence-corrected chi connectivity index (χ4v) is 2.30. The lowest BCUT2D eigenvalue weighted by molar-refractivity contribution is -0.122. The summed E-state index contributed by atoms with van der Waals surface area (Å²) in [6, 6.07) is 0. The highest BCUT2D eigenvalue weighted by atomic mass is 16.5. The number of nitrogens with one attached hydrogen (secondary N) is 1. The fourth-order valence-electron chi connectivity index (χ4n) is 2.30. The molecule has 0 spiro atoms. The topological polar surface area (TPSA) is 99.1 Å². The van der Waals surface area contributed by atoms with Gasteiger partial charge in [0.15, 0.2) is 0 Å². The molecule has 2 amide bonds. The second kappa shape index (κ2) is 11.3. The Bertz CT molecular complexity index is 584. The van der Waals surface area contributed by atoms with Gasteiger partial charge in [-0.1, -0.05) is 11.8 Å². The average molecular weight is 348 g/mol. The molecule has 0 aromatic carbocycles. The van der Waals surface area contributed by atoms with Crippen LogP contribution in [0.15, 0.2) is 11.8 Å². The highest BCUT2D eigenvalue weighted by molar-refractivity contribution is 6.02. The summed E-state index contributed by atoms with van der Waals surface area (Å²) in [6.45, 7) is -0.287. The molecule has 0 bridgehead atoms. The van der Waals surface area contributed by atoms with E-state index in [-0.39, 0.29) is 12.2 Å². The molecule has 1 aliphatic rings. The number of terminal acetylenes is 1. The number of carbonyl (C=O) groups is 2. The van der Waals surface area contributed by atoms with Gasteiger partial charge in [-0.05, 0) is 12.8 Å². The molecule has 7 heteroatoms. The quantitative estimate of drug-likeness (QED) is 0.242. The number of nitrogens with zero attached hydrogens (tertiary/aromatic N) is 1. The van der Waals surface area contributed by atoms with Crippen LogP contribution in [-0.4, -0.2) is 59.5 Å². The van der Waals surface area contributed by atoms with Crippen LogP contribution >= 0.6 is 0 Å². The van der Waals surface area contributed by atoms with Crippen LogP contribution in [0.3, 0.4) is 0 Å². The number of aliphatic hydroxyl groups excluding tert-OH is 2. The van der Waals surface area contributed by atoms with Crippen molar-refractivity contribution in [2.75, 3.05) is 13.7 Å². The van der Waals surface area contributed by atoms with E-state index in [4.69, 9.17) is 16.3 Å². The van der Waals surface area contributed by atoms with Crippen molar-refractivity contribution in [2.24, 2.45) is 0 Å². The number of hydrogen-bond donors (Lipinski definition) is 3. The number of unbranched alkanes of at least 4 members (excludes halogenated alkanes) is 3. The lowest BCUT2D eigenvalue weighted by Crippen LogP contribution is -2.30. The molecule has 1 rings (SSSR count). The van der Waals surface area contributed by atoms with Gasteiger partial charge in [0.05, 0.1) is 12.7 Å². The van der Waals surface area contributed by atoms with Crippen LogP contribution in [0, 0.1) is 24.2 Å². The van der Waals surface area contributed by atoms with Crippen LogP contribution in [0.1, 0.15) is 32.1 Å². The fraction of sp³-hybridized carbons (Fsp3) is 0.556. The molecule has 136 valence electrons. The lowest BCUT2D eigenvalue weighted by Gasteiger charge is -2.22. The first kappa shape index (κ1) is 20.7. The molecular formula is C18H24N2O5. The van der Waals surface area contributed by atoms with E-state index < -0.39 is 24.3 Å². The Balaban J connectivity index is 2.76. The Kier molecular flexibility index (Phi) is 9.34.